The molecule has 0 saturated heterocycles. The summed E-state index contributed by atoms with van der Waals surface area (Å²) in [5.41, 5.74) is 1.00. The number of fused-ring (bicyclic) bond motifs is 1. The Bertz CT molecular complexity index is 537. The van der Waals surface area contributed by atoms with Crippen LogP contribution < -0.4 is 4.74 Å². The number of methoxy groups -OCH3 is 1. The molecule has 0 aliphatic rings. The highest BCUT2D eigenvalue weighted by atomic mass is 35.5. The SMILES string of the molecule is COc1cc2ccc(Cl)cc2cc1C(C)CO. The molecule has 2 rings (SSSR count). The quantitative estimate of drug-likeness (QED) is 0.902. The van der Waals surface area contributed by atoms with Gasteiger partial charge in [-0.15, -0.1) is 0 Å². The number of hydrogen-bond acceptors (Lipinski definition) is 2. The Labute approximate surface area is 106 Å². The smallest absolute Gasteiger partial charge is 0.123 e. The van der Waals surface area contributed by atoms with Crippen LogP contribution in [0.25, 0.3) is 10.8 Å². The molecule has 0 radical (unpaired) electrons. The molecule has 0 aliphatic carbocycles. The second-order valence-electron chi connectivity index (χ2n) is 4.17. The molecule has 0 fully saturated rings. The number of benzene rings is 2. The van der Waals surface area contributed by atoms with Crippen LogP contribution >= 0.6 is 11.6 Å². The zero-order valence-corrected chi connectivity index (χ0v) is 10.7. The lowest BCUT2D eigenvalue weighted by Gasteiger charge is -2.15. The van der Waals surface area contributed by atoms with E-state index < -0.39 is 0 Å². The standard InChI is InChI=1S/C14H15ClO2/c1-9(8-16)13-6-11-5-12(15)4-3-10(11)7-14(13)17-2/h3-7,9,16H,8H2,1-2H3. The fourth-order valence-corrected chi connectivity index (χ4v) is 2.11. The van der Waals surface area contributed by atoms with Crippen LogP contribution in [0.2, 0.25) is 5.02 Å². The van der Waals surface area contributed by atoms with E-state index in [9.17, 15) is 5.11 Å². The Balaban J connectivity index is 2.65. The Kier molecular flexibility index (Phi) is 3.55. The molecule has 2 nitrogen and oxygen atoms in total. The van der Waals surface area contributed by atoms with Crippen molar-refractivity contribution < 1.29 is 9.84 Å². The van der Waals surface area contributed by atoms with Crippen LogP contribution in [0.3, 0.4) is 0 Å². The molecule has 0 heterocycles. The van der Waals surface area contributed by atoms with Gasteiger partial charge >= 0.3 is 0 Å². The highest BCUT2D eigenvalue weighted by Crippen LogP contribution is 2.32. The van der Waals surface area contributed by atoms with Crippen LogP contribution in [0.15, 0.2) is 30.3 Å². The molecule has 90 valence electrons. The first kappa shape index (κ1) is 12.2. The van der Waals surface area contributed by atoms with Crippen LogP contribution in [-0.4, -0.2) is 18.8 Å². The van der Waals surface area contributed by atoms with Crippen molar-refractivity contribution in [3.8, 4) is 5.75 Å². The minimum absolute atomic E-state index is 0.0494. The van der Waals surface area contributed by atoms with E-state index in [-0.39, 0.29) is 12.5 Å². The lowest BCUT2D eigenvalue weighted by Crippen LogP contribution is -2.01. The fourth-order valence-electron chi connectivity index (χ4n) is 1.93. The fraction of sp³-hybridized carbons (Fsp3) is 0.286. The van der Waals surface area contributed by atoms with Crippen LogP contribution in [0.5, 0.6) is 5.75 Å². The van der Waals surface area contributed by atoms with Crippen molar-refractivity contribution in [2.45, 2.75) is 12.8 Å². The van der Waals surface area contributed by atoms with Crippen LogP contribution in [0.1, 0.15) is 18.4 Å². The summed E-state index contributed by atoms with van der Waals surface area (Å²) >= 11 is 5.98. The van der Waals surface area contributed by atoms with E-state index in [1.54, 1.807) is 7.11 Å². The van der Waals surface area contributed by atoms with Gasteiger partial charge in [-0.05, 0) is 40.6 Å². The van der Waals surface area contributed by atoms with Gasteiger partial charge in [0.15, 0.2) is 0 Å². The lowest BCUT2D eigenvalue weighted by molar-refractivity contribution is 0.270. The Morgan fingerprint density at radius 3 is 2.65 bits per heavy atom. The maximum atomic E-state index is 9.25. The molecular weight excluding hydrogens is 236 g/mol. The largest absolute Gasteiger partial charge is 0.496 e. The van der Waals surface area contributed by atoms with Gasteiger partial charge in [-0.1, -0.05) is 24.6 Å². The van der Waals surface area contributed by atoms with Crippen LogP contribution in [0, 0.1) is 0 Å². The van der Waals surface area contributed by atoms with Gasteiger partial charge in [-0.2, -0.15) is 0 Å². The van der Waals surface area contributed by atoms with Crippen LogP contribution in [-0.2, 0) is 0 Å². The molecule has 3 heteroatoms. The lowest BCUT2D eigenvalue weighted by atomic mass is 9.97. The highest BCUT2D eigenvalue weighted by molar-refractivity contribution is 6.31. The summed E-state index contributed by atoms with van der Waals surface area (Å²) in [4.78, 5) is 0. The van der Waals surface area contributed by atoms with Gasteiger partial charge < -0.3 is 9.84 Å². The number of rotatable bonds is 3. The van der Waals surface area contributed by atoms with E-state index in [0.717, 1.165) is 22.1 Å². The van der Waals surface area contributed by atoms with Gasteiger partial charge in [0.05, 0.1) is 7.11 Å². The van der Waals surface area contributed by atoms with Gasteiger partial charge in [0.2, 0.25) is 0 Å². The number of halogens is 1. The summed E-state index contributed by atoms with van der Waals surface area (Å²) in [5.74, 6) is 0.856. The van der Waals surface area contributed by atoms with Crippen molar-refractivity contribution in [1.29, 1.82) is 0 Å². The number of hydrogen-bond donors (Lipinski definition) is 1. The average molecular weight is 251 g/mol. The third-order valence-corrected chi connectivity index (χ3v) is 3.19. The predicted octanol–water partition coefficient (Wildman–Crippen LogP) is 3.60. The minimum atomic E-state index is 0.0494. The maximum absolute atomic E-state index is 9.25. The third kappa shape index (κ3) is 2.38. The van der Waals surface area contributed by atoms with Gasteiger partial charge in [0.1, 0.15) is 5.75 Å². The normalized spacial score (nSPS) is 12.7. The topological polar surface area (TPSA) is 29.5 Å². The van der Waals surface area contributed by atoms with E-state index in [1.807, 2.05) is 37.3 Å². The maximum Gasteiger partial charge on any atom is 0.123 e. The Morgan fingerprint density at radius 2 is 2.00 bits per heavy atom. The summed E-state index contributed by atoms with van der Waals surface area (Å²) in [7, 11) is 1.64. The highest BCUT2D eigenvalue weighted by Gasteiger charge is 2.12. The molecule has 1 N–H and O–H groups in total. The first-order chi connectivity index (χ1) is 8.15. The first-order valence-corrected chi connectivity index (χ1v) is 5.91. The molecule has 1 unspecified atom stereocenters. The predicted molar refractivity (Wildman–Crippen MR) is 71.0 cm³/mol. The molecule has 0 bridgehead atoms. The van der Waals surface area contributed by atoms with E-state index in [1.165, 1.54) is 0 Å². The van der Waals surface area contributed by atoms with E-state index in [0.29, 0.717) is 5.02 Å². The molecule has 0 aliphatic heterocycles. The van der Waals surface area contributed by atoms with Crippen molar-refractivity contribution >= 4 is 22.4 Å². The summed E-state index contributed by atoms with van der Waals surface area (Å²) in [6.07, 6.45) is 0. The van der Waals surface area contributed by atoms with Crippen molar-refractivity contribution in [1.82, 2.24) is 0 Å². The minimum Gasteiger partial charge on any atom is -0.496 e. The molecule has 2 aromatic rings. The molecule has 2 aromatic carbocycles. The Morgan fingerprint density at radius 1 is 1.24 bits per heavy atom. The second kappa shape index (κ2) is 4.94. The molecule has 0 spiro atoms. The average Bonchev–Trinajstić information content (AvgIpc) is 2.36. The van der Waals surface area contributed by atoms with Crippen molar-refractivity contribution in [3.05, 3.63) is 40.9 Å². The third-order valence-electron chi connectivity index (χ3n) is 2.96. The van der Waals surface area contributed by atoms with E-state index in [2.05, 4.69) is 0 Å². The monoisotopic (exact) mass is 250 g/mol. The van der Waals surface area contributed by atoms with Gasteiger partial charge in [-0.3, -0.25) is 0 Å². The Hall–Kier alpha value is -1.25. The molecule has 0 saturated carbocycles. The van der Waals surface area contributed by atoms with Gasteiger partial charge in [0, 0.05) is 17.5 Å². The summed E-state index contributed by atoms with van der Waals surface area (Å²) in [6.45, 7) is 2.07. The summed E-state index contributed by atoms with van der Waals surface area (Å²) < 4.78 is 5.36. The van der Waals surface area contributed by atoms with Crippen molar-refractivity contribution in [3.63, 3.8) is 0 Å². The first-order valence-electron chi connectivity index (χ1n) is 5.53. The molecule has 17 heavy (non-hydrogen) atoms. The van der Waals surface area contributed by atoms with Crippen molar-refractivity contribution in [2.24, 2.45) is 0 Å². The molecule has 0 aromatic heterocycles. The van der Waals surface area contributed by atoms with Crippen molar-refractivity contribution in [2.75, 3.05) is 13.7 Å². The number of aliphatic hydroxyl groups is 1. The van der Waals surface area contributed by atoms with E-state index in [4.69, 9.17) is 16.3 Å². The van der Waals surface area contributed by atoms with Crippen LogP contribution in [0.4, 0.5) is 0 Å². The zero-order chi connectivity index (χ0) is 12.4. The zero-order valence-electron chi connectivity index (χ0n) is 9.90. The molecule has 1 atom stereocenters. The summed E-state index contributed by atoms with van der Waals surface area (Å²) in [5, 5.41) is 12.1. The van der Waals surface area contributed by atoms with Gasteiger partial charge in [-0.25, -0.2) is 0 Å². The second-order valence-corrected chi connectivity index (χ2v) is 4.61. The number of ether oxygens (including phenoxy) is 1. The van der Waals surface area contributed by atoms with Gasteiger partial charge in [0.25, 0.3) is 0 Å². The number of aliphatic hydroxyl groups excluding tert-OH is 1. The van der Waals surface area contributed by atoms with E-state index >= 15 is 0 Å². The summed E-state index contributed by atoms with van der Waals surface area (Å²) in [6, 6.07) is 9.75. The molecule has 0 amide bonds. The molecular formula is C14H15ClO2.